The lowest BCUT2D eigenvalue weighted by Crippen LogP contribution is -2.48. The van der Waals surface area contributed by atoms with E-state index in [0.29, 0.717) is 29.0 Å². The van der Waals surface area contributed by atoms with Crippen LogP contribution in [0, 0.1) is 5.82 Å². The van der Waals surface area contributed by atoms with Crippen molar-refractivity contribution in [2.75, 3.05) is 6.54 Å². The molecule has 160 valence electrons. The van der Waals surface area contributed by atoms with E-state index in [1.54, 1.807) is 6.07 Å². The zero-order chi connectivity index (χ0) is 22.1. The normalized spacial score (nSPS) is 15.0. The van der Waals surface area contributed by atoms with Crippen LogP contribution in [0.2, 0.25) is 10.0 Å². The third-order valence-electron chi connectivity index (χ3n) is 5.49. The van der Waals surface area contributed by atoms with Crippen molar-refractivity contribution in [1.82, 2.24) is 5.32 Å². The Morgan fingerprint density at radius 2 is 1.90 bits per heavy atom. The van der Waals surface area contributed by atoms with E-state index in [1.807, 2.05) is 13.8 Å². The average molecular weight is 452 g/mol. The van der Waals surface area contributed by atoms with Crippen LogP contribution < -0.4 is 5.32 Å². The van der Waals surface area contributed by atoms with Gasteiger partial charge in [-0.25, -0.2) is 4.39 Å². The van der Waals surface area contributed by atoms with Gasteiger partial charge in [-0.15, -0.1) is 0 Å². The molecule has 2 aromatic rings. The molecule has 1 aliphatic carbocycles. The summed E-state index contributed by atoms with van der Waals surface area (Å²) in [5.41, 5.74) is 0.517. The summed E-state index contributed by atoms with van der Waals surface area (Å²) in [5, 5.41) is 13.4. The number of aliphatic hydroxyl groups is 1. The van der Waals surface area contributed by atoms with Gasteiger partial charge in [-0.05, 0) is 66.6 Å². The van der Waals surface area contributed by atoms with Gasteiger partial charge in [0.05, 0.1) is 17.0 Å². The maximum absolute atomic E-state index is 14.3. The number of rotatable bonds is 7. The van der Waals surface area contributed by atoms with Crippen LogP contribution in [0.25, 0.3) is 0 Å². The van der Waals surface area contributed by atoms with Crippen LogP contribution >= 0.6 is 23.2 Å². The summed E-state index contributed by atoms with van der Waals surface area (Å²) in [4.78, 5) is 25.4. The highest BCUT2D eigenvalue weighted by atomic mass is 35.5. The van der Waals surface area contributed by atoms with Crippen molar-refractivity contribution in [3.63, 3.8) is 0 Å². The van der Waals surface area contributed by atoms with Crippen molar-refractivity contribution < 1.29 is 19.1 Å². The first-order valence-electron chi connectivity index (χ1n) is 9.91. The Bertz CT molecular complexity index is 987. The van der Waals surface area contributed by atoms with Gasteiger partial charge in [0.15, 0.2) is 5.78 Å². The molecule has 3 rings (SSSR count). The fourth-order valence-corrected chi connectivity index (χ4v) is 4.14. The zero-order valence-electron chi connectivity index (χ0n) is 16.9. The molecule has 0 bridgehead atoms. The number of amides is 1. The van der Waals surface area contributed by atoms with E-state index in [1.165, 1.54) is 24.3 Å². The first kappa shape index (κ1) is 22.7. The Balaban J connectivity index is 1.83. The topological polar surface area (TPSA) is 66.4 Å². The first-order chi connectivity index (χ1) is 14.1. The molecule has 30 heavy (non-hydrogen) atoms. The molecular weight excluding hydrogens is 428 g/mol. The predicted molar refractivity (Wildman–Crippen MR) is 116 cm³/mol. The lowest BCUT2D eigenvalue weighted by Gasteiger charge is -2.36. The van der Waals surface area contributed by atoms with E-state index in [0.717, 1.165) is 6.42 Å². The molecule has 0 saturated heterocycles. The first-order valence-corrected chi connectivity index (χ1v) is 10.7. The number of carbonyl (C=O) groups excluding carboxylic acids is 2. The number of halogens is 3. The van der Waals surface area contributed by atoms with E-state index >= 15 is 0 Å². The van der Waals surface area contributed by atoms with Gasteiger partial charge in [0, 0.05) is 22.7 Å². The molecule has 0 heterocycles. The van der Waals surface area contributed by atoms with Gasteiger partial charge in [-0.3, -0.25) is 9.59 Å². The number of nitrogens with one attached hydrogen (secondary N) is 1. The quantitative estimate of drug-likeness (QED) is 0.578. The highest BCUT2D eigenvalue weighted by Gasteiger charge is 2.34. The van der Waals surface area contributed by atoms with Crippen LogP contribution in [0.4, 0.5) is 4.39 Å². The number of hydrogen-bond donors (Lipinski definition) is 2. The number of benzene rings is 2. The largest absolute Gasteiger partial charge is 0.388 e. The fraction of sp³-hybridized carbons (Fsp3) is 0.391. The molecule has 0 aromatic heterocycles. The van der Waals surface area contributed by atoms with Gasteiger partial charge in [0.2, 0.25) is 5.91 Å². The van der Waals surface area contributed by atoms with Gasteiger partial charge in [0.1, 0.15) is 5.82 Å². The molecule has 1 fully saturated rings. The molecule has 2 aromatic carbocycles. The standard InChI is InChI=1S/C23H24Cl2FNO3/c1-13(2)17-10-16(24)11-18(25)21(17)22(29)14-4-5-19(26)15(8-14)9-20(28)27-12-23(30)6-3-7-23/h4-5,8,10-11,13,30H,3,6-7,9,12H2,1-2H3,(H,27,28). The smallest absolute Gasteiger partial charge is 0.224 e. The van der Waals surface area contributed by atoms with Crippen molar-refractivity contribution in [2.45, 2.75) is 51.0 Å². The van der Waals surface area contributed by atoms with Gasteiger partial charge in [-0.1, -0.05) is 37.0 Å². The van der Waals surface area contributed by atoms with Crippen LogP contribution in [0.3, 0.4) is 0 Å². The highest BCUT2D eigenvalue weighted by molar-refractivity contribution is 6.38. The van der Waals surface area contributed by atoms with Crippen molar-refractivity contribution in [1.29, 1.82) is 0 Å². The van der Waals surface area contributed by atoms with E-state index in [9.17, 15) is 19.1 Å². The van der Waals surface area contributed by atoms with Crippen molar-refractivity contribution >= 4 is 34.9 Å². The molecule has 4 nitrogen and oxygen atoms in total. The van der Waals surface area contributed by atoms with Crippen LogP contribution in [-0.2, 0) is 11.2 Å². The van der Waals surface area contributed by atoms with Crippen molar-refractivity contribution in [3.05, 3.63) is 68.4 Å². The Kier molecular flexibility index (Phi) is 6.85. The Morgan fingerprint density at radius 1 is 1.20 bits per heavy atom. The van der Waals surface area contributed by atoms with Gasteiger partial charge in [0.25, 0.3) is 0 Å². The van der Waals surface area contributed by atoms with Crippen LogP contribution in [0.5, 0.6) is 0 Å². The summed E-state index contributed by atoms with van der Waals surface area (Å²) >= 11 is 12.4. The number of ketones is 1. The second-order valence-corrected chi connectivity index (χ2v) is 9.02. The predicted octanol–water partition coefficient (Wildman–Crippen LogP) is 5.06. The van der Waals surface area contributed by atoms with E-state index in [-0.39, 0.29) is 40.8 Å². The lowest BCUT2D eigenvalue weighted by molar-refractivity contribution is -0.122. The van der Waals surface area contributed by atoms with Crippen molar-refractivity contribution in [3.8, 4) is 0 Å². The molecular formula is C23H24Cl2FNO3. The fourth-order valence-electron chi connectivity index (χ4n) is 3.54. The summed E-state index contributed by atoms with van der Waals surface area (Å²) in [6, 6.07) is 7.14. The maximum Gasteiger partial charge on any atom is 0.224 e. The molecule has 2 N–H and O–H groups in total. The van der Waals surface area contributed by atoms with E-state index in [4.69, 9.17) is 23.2 Å². The highest BCUT2D eigenvalue weighted by Crippen LogP contribution is 2.33. The zero-order valence-corrected chi connectivity index (χ0v) is 18.4. The Labute approximate surface area is 185 Å². The molecule has 1 saturated carbocycles. The minimum Gasteiger partial charge on any atom is -0.388 e. The third kappa shape index (κ3) is 5.02. The van der Waals surface area contributed by atoms with E-state index in [2.05, 4.69) is 5.32 Å². The summed E-state index contributed by atoms with van der Waals surface area (Å²) in [7, 11) is 0. The molecule has 1 amide bonds. The van der Waals surface area contributed by atoms with Crippen LogP contribution in [0.1, 0.15) is 66.1 Å². The molecule has 7 heteroatoms. The average Bonchev–Trinajstić information content (AvgIpc) is 2.65. The monoisotopic (exact) mass is 451 g/mol. The molecule has 0 aliphatic heterocycles. The van der Waals surface area contributed by atoms with Gasteiger partial charge in [-0.2, -0.15) is 0 Å². The van der Waals surface area contributed by atoms with Gasteiger partial charge < -0.3 is 10.4 Å². The maximum atomic E-state index is 14.3. The van der Waals surface area contributed by atoms with Crippen molar-refractivity contribution in [2.24, 2.45) is 0 Å². The summed E-state index contributed by atoms with van der Waals surface area (Å²) in [6.45, 7) is 3.99. The number of carbonyl (C=O) groups is 2. The molecule has 1 aliphatic rings. The second kappa shape index (κ2) is 9.04. The molecule has 0 unspecified atom stereocenters. The van der Waals surface area contributed by atoms with Crippen LogP contribution in [0.15, 0.2) is 30.3 Å². The second-order valence-electron chi connectivity index (χ2n) is 8.17. The van der Waals surface area contributed by atoms with E-state index < -0.39 is 17.3 Å². The minimum absolute atomic E-state index is 0.00292. The number of hydrogen-bond acceptors (Lipinski definition) is 3. The minimum atomic E-state index is -0.857. The third-order valence-corrected chi connectivity index (χ3v) is 6.01. The lowest BCUT2D eigenvalue weighted by atomic mass is 9.80. The summed E-state index contributed by atoms with van der Waals surface area (Å²) in [5.74, 6) is -1.34. The van der Waals surface area contributed by atoms with Crippen LogP contribution in [-0.4, -0.2) is 28.9 Å². The molecule has 0 spiro atoms. The SMILES string of the molecule is CC(C)c1cc(Cl)cc(Cl)c1C(=O)c1ccc(F)c(CC(=O)NCC2(O)CCC2)c1. The summed E-state index contributed by atoms with van der Waals surface area (Å²) in [6.07, 6.45) is 1.99. The molecule has 0 radical (unpaired) electrons. The summed E-state index contributed by atoms with van der Waals surface area (Å²) < 4.78 is 14.3. The molecule has 0 atom stereocenters. The van der Waals surface area contributed by atoms with Gasteiger partial charge >= 0.3 is 0 Å². The Hall–Kier alpha value is -1.95. The Morgan fingerprint density at radius 3 is 2.50 bits per heavy atom.